The number of hydrogen-bond acceptors (Lipinski definition) is 5. The molecule has 1 heterocycles. The molecule has 0 unspecified atom stereocenters. The molecule has 0 spiro atoms. The quantitative estimate of drug-likeness (QED) is 0.597. The zero-order valence-electron chi connectivity index (χ0n) is 14.5. The van der Waals surface area contributed by atoms with Gasteiger partial charge in [-0.25, -0.2) is 4.79 Å². The van der Waals surface area contributed by atoms with Gasteiger partial charge in [0.25, 0.3) is 0 Å². The number of rotatable bonds is 6. The number of aliphatic carboxylic acids is 1. The molecule has 6 nitrogen and oxygen atoms in total. The van der Waals surface area contributed by atoms with Crippen LogP contribution in [0.15, 0.2) is 42.5 Å². The van der Waals surface area contributed by atoms with E-state index in [1.807, 2.05) is 0 Å². The number of halogens is 1. The molecule has 0 aromatic heterocycles. The fraction of sp³-hybridized carbons (Fsp3) is 0.200. The normalized spacial score (nSPS) is 14.0. The summed E-state index contributed by atoms with van der Waals surface area (Å²) in [6.45, 7) is 2.33. The van der Waals surface area contributed by atoms with E-state index in [1.165, 1.54) is 13.0 Å². The fourth-order valence-corrected chi connectivity index (χ4v) is 2.72. The lowest BCUT2D eigenvalue weighted by molar-refractivity contribution is -0.144. The number of fused-ring (bicyclic) bond motifs is 1. The molecule has 0 saturated carbocycles. The number of ketones is 1. The van der Waals surface area contributed by atoms with Crippen LogP contribution in [0.2, 0.25) is 5.02 Å². The van der Waals surface area contributed by atoms with Crippen LogP contribution in [0.1, 0.15) is 22.8 Å². The van der Waals surface area contributed by atoms with Crippen LogP contribution in [0.25, 0.3) is 6.08 Å². The fourth-order valence-electron chi connectivity index (χ4n) is 2.45. The van der Waals surface area contributed by atoms with E-state index in [0.717, 1.165) is 0 Å². The Kier molecular flexibility index (Phi) is 5.66. The standard InChI is InChI=1S/C20H17ClO6/c1-12(20(23)24)27-15-5-3-14(4-6-15)17(22)7-2-13-10-16(21)19-18(11-13)25-8-9-26-19/h2-7,10-12H,8-9H2,1H3,(H,23,24)/b7-2+/t12-/m0/s1. The molecule has 0 bridgehead atoms. The Bertz CT molecular complexity index is 888. The molecule has 7 heteroatoms. The highest BCUT2D eigenvalue weighted by atomic mass is 35.5. The largest absolute Gasteiger partial charge is 0.486 e. The first-order valence-corrected chi connectivity index (χ1v) is 8.63. The maximum Gasteiger partial charge on any atom is 0.344 e. The lowest BCUT2D eigenvalue weighted by atomic mass is 10.1. The Morgan fingerprint density at radius 3 is 2.59 bits per heavy atom. The number of carbonyl (C=O) groups excluding carboxylic acids is 1. The molecule has 0 saturated heterocycles. The van der Waals surface area contributed by atoms with E-state index in [-0.39, 0.29) is 5.78 Å². The van der Waals surface area contributed by atoms with E-state index < -0.39 is 12.1 Å². The van der Waals surface area contributed by atoms with E-state index in [9.17, 15) is 9.59 Å². The summed E-state index contributed by atoms with van der Waals surface area (Å²) in [4.78, 5) is 23.1. The Labute approximate surface area is 160 Å². The molecular formula is C20H17ClO6. The summed E-state index contributed by atoms with van der Waals surface area (Å²) in [7, 11) is 0. The van der Waals surface area contributed by atoms with Gasteiger partial charge in [0.2, 0.25) is 0 Å². The highest BCUT2D eigenvalue weighted by Crippen LogP contribution is 2.38. The number of benzene rings is 2. The Morgan fingerprint density at radius 1 is 1.19 bits per heavy atom. The highest BCUT2D eigenvalue weighted by Gasteiger charge is 2.16. The average Bonchev–Trinajstić information content (AvgIpc) is 2.66. The van der Waals surface area contributed by atoms with Gasteiger partial charge < -0.3 is 19.3 Å². The van der Waals surface area contributed by atoms with Gasteiger partial charge in [0.05, 0.1) is 5.02 Å². The zero-order chi connectivity index (χ0) is 19.4. The first-order chi connectivity index (χ1) is 12.9. The van der Waals surface area contributed by atoms with Crippen LogP contribution >= 0.6 is 11.6 Å². The van der Waals surface area contributed by atoms with Crippen LogP contribution < -0.4 is 14.2 Å². The minimum absolute atomic E-state index is 0.209. The summed E-state index contributed by atoms with van der Waals surface area (Å²) in [6.07, 6.45) is 2.10. The van der Waals surface area contributed by atoms with Crippen molar-refractivity contribution in [1.29, 1.82) is 0 Å². The molecule has 27 heavy (non-hydrogen) atoms. The van der Waals surface area contributed by atoms with Crippen LogP contribution in [-0.2, 0) is 4.79 Å². The minimum Gasteiger partial charge on any atom is -0.486 e. The third kappa shape index (κ3) is 4.60. The number of ether oxygens (including phenoxy) is 3. The molecule has 0 fully saturated rings. The summed E-state index contributed by atoms with van der Waals surface area (Å²) in [6, 6.07) is 9.72. The number of carboxylic acids is 1. The zero-order valence-corrected chi connectivity index (χ0v) is 15.2. The van der Waals surface area contributed by atoms with Crippen LogP contribution in [0, 0.1) is 0 Å². The molecule has 0 amide bonds. The maximum atomic E-state index is 12.3. The summed E-state index contributed by atoms with van der Waals surface area (Å²) >= 11 is 6.18. The smallest absolute Gasteiger partial charge is 0.344 e. The summed E-state index contributed by atoms with van der Waals surface area (Å²) in [5.74, 6) is 0.173. The second-order valence-corrected chi connectivity index (χ2v) is 6.25. The summed E-state index contributed by atoms with van der Waals surface area (Å²) in [5.41, 5.74) is 1.16. The molecule has 2 aromatic carbocycles. The minimum atomic E-state index is -1.06. The first kappa shape index (κ1) is 18.8. The van der Waals surface area contributed by atoms with Crippen molar-refractivity contribution in [2.75, 3.05) is 13.2 Å². The van der Waals surface area contributed by atoms with Gasteiger partial charge >= 0.3 is 5.97 Å². The number of allylic oxidation sites excluding steroid dienone is 1. The van der Waals surface area contributed by atoms with Gasteiger partial charge in [0.15, 0.2) is 23.4 Å². The van der Waals surface area contributed by atoms with E-state index in [4.69, 9.17) is 30.9 Å². The van der Waals surface area contributed by atoms with Gasteiger partial charge in [-0.1, -0.05) is 17.7 Å². The van der Waals surface area contributed by atoms with Crippen molar-refractivity contribution < 1.29 is 28.9 Å². The highest BCUT2D eigenvalue weighted by molar-refractivity contribution is 6.32. The van der Waals surface area contributed by atoms with E-state index >= 15 is 0 Å². The Hall–Kier alpha value is -2.99. The predicted octanol–water partition coefficient (Wildman–Crippen LogP) is 3.86. The molecule has 0 radical (unpaired) electrons. The SMILES string of the molecule is C[C@H](Oc1ccc(C(=O)/C=C/c2cc(Cl)c3c(c2)OCCO3)cc1)C(=O)O. The summed E-state index contributed by atoms with van der Waals surface area (Å²) < 4.78 is 16.2. The monoisotopic (exact) mass is 388 g/mol. The van der Waals surface area contributed by atoms with Gasteiger partial charge in [-0.15, -0.1) is 0 Å². The topological polar surface area (TPSA) is 82.1 Å². The second-order valence-electron chi connectivity index (χ2n) is 5.85. The van der Waals surface area contributed by atoms with Gasteiger partial charge in [-0.3, -0.25) is 4.79 Å². The van der Waals surface area contributed by atoms with E-state index in [2.05, 4.69) is 0 Å². The number of carbonyl (C=O) groups is 2. The van der Waals surface area contributed by atoms with Crippen molar-refractivity contribution in [3.8, 4) is 17.2 Å². The lowest BCUT2D eigenvalue weighted by Crippen LogP contribution is -2.22. The van der Waals surface area contributed by atoms with Crippen molar-refractivity contribution in [1.82, 2.24) is 0 Å². The molecule has 1 N–H and O–H groups in total. The van der Waals surface area contributed by atoms with Crippen LogP contribution in [0.3, 0.4) is 0 Å². The van der Waals surface area contributed by atoms with E-state index in [0.29, 0.717) is 46.6 Å². The predicted molar refractivity (Wildman–Crippen MR) is 100.0 cm³/mol. The van der Waals surface area contributed by atoms with Gasteiger partial charge in [-0.2, -0.15) is 0 Å². The number of carboxylic acid groups (broad SMARTS) is 1. The number of hydrogen-bond donors (Lipinski definition) is 1. The van der Waals surface area contributed by atoms with Crippen molar-refractivity contribution in [2.45, 2.75) is 13.0 Å². The molecule has 1 aliphatic heterocycles. The Morgan fingerprint density at radius 2 is 1.89 bits per heavy atom. The van der Waals surface area contributed by atoms with Gasteiger partial charge in [0, 0.05) is 5.56 Å². The average molecular weight is 389 g/mol. The molecule has 1 atom stereocenters. The maximum absolute atomic E-state index is 12.3. The molecule has 3 rings (SSSR count). The van der Waals surface area contributed by atoms with Crippen LogP contribution in [0.5, 0.6) is 17.2 Å². The van der Waals surface area contributed by atoms with Crippen molar-refractivity contribution in [2.24, 2.45) is 0 Å². The Balaban J connectivity index is 1.70. The first-order valence-electron chi connectivity index (χ1n) is 8.25. The summed E-state index contributed by atoms with van der Waals surface area (Å²) in [5, 5.41) is 9.27. The third-order valence-electron chi connectivity index (χ3n) is 3.85. The van der Waals surface area contributed by atoms with Crippen molar-refractivity contribution in [3.63, 3.8) is 0 Å². The van der Waals surface area contributed by atoms with Crippen molar-refractivity contribution >= 4 is 29.4 Å². The lowest BCUT2D eigenvalue weighted by Gasteiger charge is -2.19. The molecule has 2 aromatic rings. The molecule has 140 valence electrons. The van der Waals surface area contributed by atoms with E-state index in [1.54, 1.807) is 42.5 Å². The second kappa shape index (κ2) is 8.14. The molecule has 1 aliphatic rings. The van der Waals surface area contributed by atoms with Gasteiger partial charge in [-0.05, 0) is 55.0 Å². The molecule has 0 aliphatic carbocycles. The van der Waals surface area contributed by atoms with Crippen LogP contribution in [0.4, 0.5) is 0 Å². The third-order valence-corrected chi connectivity index (χ3v) is 4.13. The van der Waals surface area contributed by atoms with Crippen molar-refractivity contribution in [3.05, 3.63) is 58.6 Å². The molecular weight excluding hydrogens is 372 g/mol. The van der Waals surface area contributed by atoms with Crippen LogP contribution in [-0.4, -0.2) is 36.2 Å². The van der Waals surface area contributed by atoms with Gasteiger partial charge in [0.1, 0.15) is 19.0 Å².